The Balaban J connectivity index is 2.90. The van der Waals surface area contributed by atoms with Crippen LogP contribution in [0, 0.1) is 6.92 Å². The normalized spacial score (nSPS) is 10.6. The minimum atomic E-state index is 0.454. The van der Waals surface area contributed by atoms with Crippen LogP contribution in [0.2, 0.25) is 0 Å². The third-order valence-electron chi connectivity index (χ3n) is 1.58. The second-order valence-electron chi connectivity index (χ2n) is 2.47. The molecule has 0 saturated carbocycles. The van der Waals surface area contributed by atoms with Crippen LogP contribution in [-0.2, 0) is 0 Å². The van der Waals surface area contributed by atoms with Gasteiger partial charge in [-0.1, -0.05) is 0 Å². The molecule has 56 valence electrons. The maximum absolute atomic E-state index is 5.56. The molecule has 0 saturated heterocycles. The predicted octanol–water partition coefficient (Wildman–Crippen LogP) is 1.72. The van der Waals surface area contributed by atoms with Crippen LogP contribution in [0.1, 0.15) is 5.76 Å². The molecule has 3 nitrogen and oxygen atoms in total. The second kappa shape index (κ2) is 1.99. The number of furan rings is 1. The monoisotopic (exact) mass is 148 g/mol. The molecule has 2 aromatic heterocycles. The maximum Gasteiger partial charge on any atom is 0.176 e. The lowest BCUT2D eigenvalue weighted by atomic mass is 10.3. The smallest absolute Gasteiger partial charge is 0.176 e. The Labute approximate surface area is 63.8 Å². The summed E-state index contributed by atoms with van der Waals surface area (Å²) in [5.74, 6) is 1.32. The molecule has 2 N–H and O–H groups in total. The minimum absolute atomic E-state index is 0.454. The predicted molar refractivity (Wildman–Crippen MR) is 43.2 cm³/mol. The van der Waals surface area contributed by atoms with Crippen molar-refractivity contribution < 1.29 is 4.42 Å². The highest BCUT2D eigenvalue weighted by Crippen LogP contribution is 2.21. The Bertz CT molecular complexity index is 392. The van der Waals surface area contributed by atoms with E-state index in [2.05, 4.69) is 4.98 Å². The van der Waals surface area contributed by atoms with Gasteiger partial charge in [0.1, 0.15) is 5.76 Å². The molecular weight excluding hydrogens is 140 g/mol. The molecule has 0 unspecified atom stereocenters. The van der Waals surface area contributed by atoms with E-state index in [0.29, 0.717) is 11.4 Å². The van der Waals surface area contributed by atoms with Gasteiger partial charge in [-0.2, -0.15) is 0 Å². The molecule has 0 aliphatic carbocycles. The van der Waals surface area contributed by atoms with Gasteiger partial charge in [0.2, 0.25) is 0 Å². The van der Waals surface area contributed by atoms with E-state index in [1.165, 1.54) is 0 Å². The van der Waals surface area contributed by atoms with E-state index >= 15 is 0 Å². The molecule has 3 heteroatoms. The Kier molecular flexibility index (Phi) is 1.12. The number of aryl methyl sites for hydroxylation is 1. The molecule has 0 radical (unpaired) electrons. The van der Waals surface area contributed by atoms with Crippen molar-refractivity contribution in [2.75, 3.05) is 5.73 Å². The summed E-state index contributed by atoms with van der Waals surface area (Å²) < 4.78 is 5.31. The average molecular weight is 148 g/mol. The summed E-state index contributed by atoms with van der Waals surface area (Å²) >= 11 is 0. The Morgan fingerprint density at radius 3 is 3.09 bits per heavy atom. The first-order chi connectivity index (χ1) is 5.27. The zero-order chi connectivity index (χ0) is 7.84. The minimum Gasteiger partial charge on any atom is -0.457 e. The number of hydrogen-bond donors (Lipinski definition) is 1. The van der Waals surface area contributed by atoms with Crippen LogP contribution in [0.15, 0.2) is 22.7 Å². The van der Waals surface area contributed by atoms with E-state index in [1.807, 2.05) is 19.1 Å². The van der Waals surface area contributed by atoms with Crippen molar-refractivity contribution in [3.63, 3.8) is 0 Å². The van der Waals surface area contributed by atoms with Crippen molar-refractivity contribution in [2.24, 2.45) is 0 Å². The van der Waals surface area contributed by atoms with Crippen LogP contribution in [0.4, 0.5) is 5.82 Å². The molecule has 2 heterocycles. The summed E-state index contributed by atoms with van der Waals surface area (Å²) in [6.07, 6.45) is 1.67. The van der Waals surface area contributed by atoms with Crippen LogP contribution < -0.4 is 5.73 Å². The fourth-order valence-electron chi connectivity index (χ4n) is 1.11. The fourth-order valence-corrected chi connectivity index (χ4v) is 1.11. The number of pyridine rings is 1. The quantitative estimate of drug-likeness (QED) is 0.618. The summed E-state index contributed by atoms with van der Waals surface area (Å²) in [4.78, 5) is 3.90. The molecule has 0 fully saturated rings. The van der Waals surface area contributed by atoms with E-state index in [9.17, 15) is 0 Å². The highest BCUT2D eigenvalue weighted by atomic mass is 16.3. The van der Waals surface area contributed by atoms with Gasteiger partial charge in [-0.3, -0.25) is 0 Å². The molecule has 0 aliphatic rings. The third-order valence-corrected chi connectivity index (χ3v) is 1.58. The standard InChI is InChI=1S/C8H8N2O/c1-5-4-6-2-3-10-8(9)7(6)11-5/h2-4H,1H3,(H2,9,10). The molecular formula is C8H8N2O. The Hall–Kier alpha value is -1.51. The van der Waals surface area contributed by atoms with Crippen molar-refractivity contribution in [3.8, 4) is 0 Å². The molecule has 2 aromatic rings. The molecule has 0 spiro atoms. The van der Waals surface area contributed by atoms with E-state index in [4.69, 9.17) is 10.2 Å². The third kappa shape index (κ3) is 0.852. The van der Waals surface area contributed by atoms with Crippen LogP contribution in [0.5, 0.6) is 0 Å². The van der Waals surface area contributed by atoms with E-state index in [0.717, 1.165) is 11.1 Å². The molecule has 0 atom stereocenters. The number of anilines is 1. The van der Waals surface area contributed by atoms with Gasteiger partial charge in [0.25, 0.3) is 0 Å². The first-order valence-electron chi connectivity index (χ1n) is 3.38. The number of fused-ring (bicyclic) bond motifs is 1. The largest absolute Gasteiger partial charge is 0.457 e. The van der Waals surface area contributed by atoms with Crippen molar-refractivity contribution >= 4 is 16.8 Å². The molecule has 2 rings (SSSR count). The van der Waals surface area contributed by atoms with Crippen molar-refractivity contribution in [1.29, 1.82) is 0 Å². The lowest BCUT2D eigenvalue weighted by molar-refractivity contribution is 0.578. The van der Waals surface area contributed by atoms with Crippen molar-refractivity contribution in [1.82, 2.24) is 4.98 Å². The van der Waals surface area contributed by atoms with Gasteiger partial charge in [-0.25, -0.2) is 4.98 Å². The highest BCUT2D eigenvalue weighted by molar-refractivity contribution is 5.85. The van der Waals surface area contributed by atoms with Crippen molar-refractivity contribution in [3.05, 3.63) is 24.1 Å². The number of rotatable bonds is 0. The lowest BCUT2D eigenvalue weighted by Gasteiger charge is -1.90. The van der Waals surface area contributed by atoms with Gasteiger partial charge in [0.05, 0.1) is 0 Å². The van der Waals surface area contributed by atoms with Crippen LogP contribution in [0.25, 0.3) is 11.0 Å². The number of nitrogens with zero attached hydrogens (tertiary/aromatic N) is 1. The number of hydrogen-bond acceptors (Lipinski definition) is 3. The molecule has 0 aliphatic heterocycles. The fraction of sp³-hybridized carbons (Fsp3) is 0.125. The zero-order valence-electron chi connectivity index (χ0n) is 6.16. The zero-order valence-corrected chi connectivity index (χ0v) is 6.16. The first kappa shape index (κ1) is 6.22. The lowest BCUT2D eigenvalue weighted by Crippen LogP contribution is -1.87. The van der Waals surface area contributed by atoms with E-state index < -0.39 is 0 Å². The Morgan fingerprint density at radius 2 is 2.36 bits per heavy atom. The maximum atomic E-state index is 5.56. The first-order valence-corrected chi connectivity index (χ1v) is 3.38. The number of nitrogens with two attached hydrogens (primary N) is 1. The van der Waals surface area contributed by atoms with Crippen LogP contribution in [-0.4, -0.2) is 4.98 Å². The summed E-state index contributed by atoms with van der Waals surface area (Å²) in [6.45, 7) is 1.89. The average Bonchev–Trinajstić information content (AvgIpc) is 2.31. The second-order valence-corrected chi connectivity index (χ2v) is 2.47. The van der Waals surface area contributed by atoms with Gasteiger partial charge in [-0.05, 0) is 19.1 Å². The summed E-state index contributed by atoms with van der Waals surface area (Å²) in [5, 5.41) is 1.01. The topological polar surface area (TPSA) is 52.0 Å². The number of aromatic nitrogens is 1. The molecule has 0 bridgehead atoms. The Morgan fingerprint density at radius 1 is 1.55 bits per heavy atom. The van der Waals surface area contributed by atoms with Crippen LogP contribution in [0.3, 0.4) is 0 Å². The molecule has 0 amide bonds. The highest BCUT2D eigenvalue weighted by Gasteiger charge is 2.02. The van der Waals surface area contributed by atoms with Gasteiger partial charge in [0.15, 0.2) is 11.4 Å². The summed E-state index contributed by atoms with van der Waals surface area (Å²) in [5.41, 5.74) is 6.25. The van der Waals surface area contributed by atoms with Gasteiger partial charge < -0.3 is 10.2 Å². The summed E-state index contributed by atoms with van der Waals surface area (Å²) in [6, 6.07) is 3.82. The number of nitrogen functional groups attached to an aromatic ring is 1. The van der Waals surface area contributed by atoms with E-state index in [-0.39, 0.29) is 0 Å². The summed E-state index contributed by atoms with van der Waals surface area (Å²) in [7, 11) is 0. The van der Waals surface area contributed by atoms with Gasteiger partial charge in [0, 0.05) is 11.6 Å². The molecule has 11 heavy (non-hydrogen) atoms. The SMILES string of the molecule is Cc1cc2ccnc(N)c2o1. The van der Waals surface area contributed by atoms with Gasteiger partial charge in [-0.15, -0.1) is 0 Å². The van der Waals surface area contributed by atoms with E-state index in [1.54, 1.807) is 6.20 Å². The van der Waals surface area contributed by atoms with Crippen LogP contribution >= 0.6 is 0 Å². The van der Waals surface area contributed by atoms with Gasteiger partial charge >= 0.3 is 0 Å². The molecule has 0 aromatic carbocycles. The van der Waals surface area contributed by atoms with Crippen molar-refractivity contribution in [2.45, 2.75) is 6.92 Å².